The van der Waals surface area contributed by atoms with Gasteiger partial charge in [-0.05, 0) is 20.8 Å². The lowest BCUT2D eigenvalue weighted by atomic mass is 9.97. The van der Waals surface area contributed by atoms with Crippen molar-refractivity contribution in [2.45, 2.75) is 47.6 Å². The van der Waals surface area contributed by atoms with E-state index < -0.39 is 11.5 Å². The van der Waals surface area contributed by atoms with Crippen LogP contribution in [0, 0.1) is 17.3 Å². The number of hydrogen-bond donors (Lipinski definition) is 1. The summed E-state index contributed by atoms with van der Waals surface area (Å²) in [6.45, 7) is 11.1. The Bertz CT molecular complexity index is 345. The maximum Gasteiger partial charge on any atom is 0.311 e. The van der Waals surface area contributed by atoms with Crippen LogP contribution in [0.5, 0.6) is 0 Å². The van der Waals surface area contributed by atoms with Crippen LogP contribution >= 0.6 is 0 Å². The first-order valence-electron chi connectivity index (χ1n) is 7.64. The van der Waals surface area contributed by atoms with Gasteiger partial charge in [-0.3, -0.25) is 9.59 Å². The summed E-state index contributed by atoms with van der Waals surface area (Å²) < 4.78 is 15.7. The molecule has 0 saturated heterocycles. The Kier molecular flexibility index (Phi) is 9.28. The van der Waals surface area contributed by atoms with E-state index in [2.05, 4.69) is 0 Å². The van der Waals surface area contributed by atoms with Crippen LogP contribution in [0.25, 0.3) is 0 Å². The number of aliphatic hydroxyl groups excluding tert-OH is 1. The maximum absolute atomic E-state index is 11.6. The van der Waals surface area contributed by atoms with E-state index in [-0.39, 0.29) is 43.6 Å². The summed E-state index contributed by atoms with van der Waals surface area (Å²) in [7, 11) is 0. The van der Waals surface area contributed by atoms with E-state index in [1.54, 1.807) is 34.6 Å². The molecule has 2 atom stereocenters. The second-order valence-electron chi connectivity index (χ2n) is 6.88. The van der Waals surface area contributed by atoms with Gasteiger partial charge in [-0.25, -0.2) is 0 Å². The van der Waals surface area contributed by atoms with E-state index in [4.69, 9.17) is 14.2 Å². The smallest absolute Gasteiger partial charge is 0.311 e. The van der Waals surface area contributed by atoms with Crippen LogP contribution in [0.1, 0.15) is 41.5 Å². The lowest BCUT2D eigenvalue weighted by Crippen LogP contribution is -2.30. The molecular weight excluding hydrogens is 288 g/mol. The first-order valence-corrected chi connectivity index (χ1v) is 7.64. The van der Waals surface area contributed by atoms with Gasteiger partial charge in [0.2, 0.25) is 0 Å². The second-order valence-corrected chi connectivity index (χ2v) is 6.88. The molecule has 0 aromatic heterocycles. The molecule has 6 nitrogen and oxygen atoms in total. The highest BCUT2D eigenvalue weighted by Gasteiger charge is 2.23. The van der Waals surface area contributed by atoms with Crippen molar-refractivity contribution >= 4 is 11.9 Å². The molecule has 0 aliphatic carbocycles. The lowest BCUT2D eigenvalue weighted by molar-refractivity contribution is -0.157. The summed E-state index contributed by atoms with van der Waals surface area (Å²) in [6, 6.07) is 0. The predicted molar refractivity (Wildman–Crippen MR) is 82.2 cm³/mol. The molecule has 1 N–H and O–H groups in total. The standard InChI is InChI=1S/C16H30O6/c1-11(2)14(18)21-10-13(7-17)20-8-12(3)9-22-15(19)16(4,5)6/h11-13,17H,7-10H2,1-6H3. The molecule has 0 heterocycles. The average molecular weight is 318 g/mol. The van der Waals surface area contributed by atoms with Crippen molar-refractivity contribution in [3.63, 3.8) is 0 Å². The minimum absolute atomic E-state index is 0.0128. The lowest BCUT2D eigenvalue weighted by Gasteiger charge is -2.21. The highest BCUT2D eigenvalue weighted by molar-refractivity contribution is 5.75. The molecule has 0 spiro atoms. The van der Waals surface area contributed by atoms with Gasteiger partial charge in [-0.1, -0.05) is 20.8 Å². The third-order valence-corrected chi connectivity index (χ3v) is 2.81. The monoisotopic (exact) mass is 318 g/mol. The average Bonchev–Trinajstić information content (AvgIpc) is 2.43. The van der Waals surface area contributed by atoms with Crippen molar-refractivity contribution in [3.8, 4) is 0 Å². The van der Waals surface area contributed by atoms with Gasteiger partial charge < -0.3 is 19.3 Å². The summed E-state index contributed by atoms with van der Waals surface area (Å²) in [5.41, 5.74) is -0.529. The molecule has 6 heteroatoms. The first kappa shape index (κ1) is 20.9. The molecule has 0 saturated carbocycles. The summed E-state index contributed by atoms with van der Waals surface area (Å²) in [5, 5.41) is 9.21. The fourth-order valence-corrected chi connectivity index (χ4v) is 1.28. The number of esters is 2. The van der Waals surface area contributed by atoms with Gasteiger partial charge in [0, 0.05) is 5.92 Å². The minimum atomic E-state index is -0.566. The van der Waals surface area contributed by atoms with Gasteiger partial charge in [0.1, 0.15) is 12.7 Å². The van der Waals surface area contributed by atoms with Gasteiger partial charge in [0.15, 0.2) is 0 Å². The highest BCUT2D eigenvalue weighted by atomic mass is 16.6. The molecule has 0 aliphatic rings. The Morgan fingerprint density at radius 3 is 2.05 bits per heavy atom. The maximum atomic E-state index is 11.6. The van der Waals surface area contributed by atoms with E-state index in [0.29, 0.717) is 6.61 Å². The molecule has 130 valence electrons. The highest BCUT2D eigenvalue weighted by Crippen LogP contribution is 2.15. The predicted octanol–water partition coefficient (Wildman–Crippen LogP) is 1.79. The number of aliphatic hydroxyl groups is 1. The number of hydrogen-bond acceptors (Lipinski definition) is 6. The topological polar surface area (TPSA) is 82.1 Å². The van der Waals surface area contributed by atoms with Gasteiger partial charge in [-0.15, -0.1) is 0 Å². The van der Waals surface area contributed by atoms with Crippen LogP contribution in [0.2, 0.25) is 0 Å². The zero-order chi connectivity index (χ0) is 17.3. The van der Waals surface area contributed by atoms with Crippen LogP contribution in [-0.4, -0.2) is 49.6 Å². The van der Waals surface area contributed by atoms with Crippen LogP contribution in [0.15, 0.2) is 0 Å². The van der Waals surface area contributed by atoms with Crippen molar-refractivity contribution in [3.05, 3.63) is 0 Å². The SMILES string of the molecule is CC(COC(=O)C(C)(C)C)COC(CO)COC(=O)C(C)C. The molecule has 0 fully saturated rings. The Hall–Kier alpha value is -1.14. The number of ether oxygens (including phenoxy) is 3. The van der Waals surface area contributed by atoms with E-state index >= 15 is 0 Å². The fraction of sp³-hybridized carbons (Fsp3) is 0.875. The minimum Gasteiger partial charge on any atom is -0.465 e. The van der Waals surface area contributed by atoms with E-state index in [9.17, 15) is 14.7 Å². The van der Waals surface area contributed by atoms with Gasteiger partial charge in [0.05, 0.1) is 31.2 Å². The Labute approximate surface area is 133 Å². The summed E-state index contributed by atoms with van der Waals surface area (Å²) in [5.74, 6) is -0.811. The fourth-order valence-electron chi connectivity index (χ4n) is 1.28. The normalized spacial score (nSPS) is 14.5. The quantitative estimate of drug-likeness (QED) is 0.653. The molecule has 0 amide bonds. The molecule has 0 aliphatic heterocycles. The van der Waals surface area contributed by atoms with Crippen molar-refractivity contribution in [1.29, 1.82) is 0 Å². The zero-order valence-electron chi connectivity index (χ0n) is 14.5. The zero-order valence-corrected chi connectivity index (χ0v) is 14.5. The Morgan fingerprint density at radius 1 is 1.00 bits per heavy atom. The summed E-state index contributed by atoms with van der Waals surface area (Å²) in [6.07, 6.45) is -0.566. The first-order chi connectivity index (χ1) is 10.1. The van der Waals surface area contributed by atoms with Crippen molar-refractivity contribution in [2.75, 3.05) is 26.4 Å². The van der Waals surface area contributed by atoms with Crippen molar-refractivity contribution in [1.82, 2.24) is 0 Å². The van der Waals surface area contributed by atoms with Crippen molar-refractivity contribution in [2.24, 2.45) is 17.3 Å². The largest absolute Gasteiger partial charge is 0.465 e. The van der Waals surface area contributed by atoms with E-state index in [0.717, 1.165) is 0 Å². The molecular formula is C16H30O6. The molecule has 22 heavy (non-hydrogen) atoms. The third-order valence-electron chi connectivity index (χ3n) is 2.81. The van der Waals surface area contributed by atoms with E-state index in [1.807, 2.05) is 6.92 Å². The number of rotatable bonds is 9. The van der Waals surface area contributed by atoms with E-state index in [1.165, 1.54) is 0 Å². The molecule has 0 bridgehead atoms. The number of carbonyl (C=O) groups is 2. The second kappa shape index (κ2) is 9.79. The van der Waals surface area contributed by atoms with Crippen LogP contribution in [0.3, 0.4) is 0 Å². The molecule has 0 aromatic carbocycles. The van der Waals surface area contributed by atoms with Crippen LogP contribution in [-0.2, 0) is 23.8 Å². The van der Waals surface area contributed by atoms with Gasteiger partial charge in [0.25, 0.3) is 0 Å². The third kappa shape index (κ3) is 9.00. The summed E-state index contributed by atoms with van der Waals surface area (Å²) in [4.78, 5) is 23.0. The number of carbonyl (C=O) groups excluding carboxylic acids is 2. The molecule has 0 aromatic rings. The molecule has 2 unspecified atom stereocenters. The van der Waals surface area contributed by atoms with Gasteiger partial charge >= 0.3 is 11.9 Å². The Morgan fingerprint density at radius 2 is 1.59 bits per heavy atom. The van der Waals surface area contributed by atoms with Crippen LogP contribution < -0.4 is 0 Å². The molecule has 0 radical (unpaired) electrons. The molecule has 0 rings (SSSR count). The Balaban J connectivity index is 4.02. The van der Waals surface area contributed by atoms with Crippen molar-refractivity contribution < 1.29 is 28.9 Å². The van der Waals surface area contributed by atoms with Crippen LogP contribution in [0.4, 0.5) is 0 Å². The summed E-state index contributed by atoms with van der Waals surface area (Å²) >= 11 is 0. The van der Waals surface area contributed by atoms with Gasteiger partial charge in [-0.2, -0.15) is 0 Å².